The summed E-state index contributed by atoms with van der Waals surface area (Å²) in [5.41, 5.74) is 10.7. The molecule has 0 saturated heterocycles. The molecule has 0 radical (unpaired) electrons. The number of hydrogen-bond acceptors (Lipinski definition) is 3. The molecule has 0 aliphatic heterocycles. The second-order valence-corrected chi connectivity index (χ2v) is 6.17. The summed E-state index contributed by atoms with van der Waals surface area (Å²) in [6.07, 6.45) is 2.18. The fourth-order valence-electron chi connectivity index (χ4n) is 2.67. The number of nitrogens with one attached hydrogen (secondary N) is 1. The van der Waals surface area contributed by atoms with E-state index in [0.29, 0.717) is 24.8 Å². The molecule has 0 fully saturated rings. The Labute approximate surface area is 174 Å². The minimum absolute atomic E-state index is 0. The van der Waals surface area contributed by atoms with E-state index >= 15 is 0 Å². The third-order valence-electron chi connectivity index (χ3n) is 3.79. The molecule has 27 heavy (non-hydrogen) atoms. The lowest BCUT2D eigenvalue weighted by molar-refractivity contribution is 0.572. The van der Waals surface area contributed by atoms with Gasteiger partial charge < -0.3 is 15.5 Å². The van der Waals surface area contributed by atoms with Crippen molar-refractivity contribution >= 4 is 35.6 Å². The lowest BCUT2D eigenvalue weighted by Gasteiger charge is -2.07. The van der Waals surface area contributed by atoms with Crippen molar-refractivity contribution in [3.05, 3.63) is 71.4 Å². The van der Waals surface area contributed by atoms with Crippen LogP contribution < -0.4 is 11.1 Å². The Morgan fingerprint density at radius 2 is 1.81 bits per heavy atom. The zero-order chi connectivity index (χ0) is 18.5. The van der Waals surface area contributed by atoms with Gasteiger partial charge in [0.15, 0.2) is 5.96 Å². The van der Waals surface area contributed by atoms with Gasteiger partial charge in [0, 0.05) is 24.2 Å². The minimum atomic E-state index is -0.290. The number of rotatable bonds is 5. The number of benzene rings is 2. The molecule has 0 amide bonds. The number of aromatic nitrogens is 1. The Kier molecular flexibility index (Phi) is 7.35. The van der Waals surface area contributed by atoms with E-state index in [4.69, 9.17) is 10.2 Å². The van der Waals surface area contributed by atoms with Crippen LogP contribution >= 0.6 is 24.0 Å². The molecule has 142 valence electrons. The largest absolute Gasteiger partial charge is 0.444 e. The summed E-state index contributed by atoms with van der Waals surface area (Å²) in [6, 6.07) is 12.2. The number of anilines is 1. The van der Waals surface area contributed by atoms with Crippen molar-refractivity contribution in [2.45, 2.75) is 20.3 Å². The topological polar surface area (TPSA) is 76.4 Å². The van der Waals surface area contributed by atoms with E-state index < -0.39 is 0 Å². The van der Waals surface area contributed by atoms with Crippen molar-refractivity contribution < 1.29 is 8.81 Å². The molecule has 7 heteroatoms. The zero-order valence-electron chi connectivity index (χ0n) is 15.2. The number of aliphatic imine (C=N–C) groups is 1. The Morgan fingerprint density at radius 3 is 2.48 bits per heavy atom. The highest BCUT2D eigenvalue weighted by molar-refractivity contribution is 14.0. The van der Waals surface area contributed by atoms with Crippen LogP contribution in [0, 0.1) is 19.7 Å². The van der Waals surface area contributed by atoms with Crippen LogP contribution in [0.4, 0.5) is 10.1 Å². The average molecular weight is 480 g/mol. The number of guanidine groups is 1. The first-order valence-electron chi connectivity index (χ1n) is 8.35. The number of nitrogens with two attached hydrogens (primary N) is 1. The van der Waals surface area contributed by atoms with Crippen molar-refractivity contribution in [2.24, 2.45) is 10.7 Å². The van der Waals surface area contributed by atoms with E-state index in [1.807, 2.05) is 26.0 Å². The van der Waals surface area contributed by atoms with E-state index in [9.17, 15) is 4.39 Å². The van der Waals surface area contributed by atoms with Gasteiger partial charge in [0.2, 0.25) is 5.89 Å². The summed E-state index contributed by atoms with van der Waals surface area (Å²) < 4.78 is 18.4. The molecule has 3 N–H and O–H groups in total. The van der Waals surface area contributed by atoms with Gasteiger partial charge in [0.05, 0.1) is 5.69 Å². The van der Waals surface area contributed by atoms with Crippen LogP contribution in [0.1, 0.15) is 16.8 Å². The molecule has 3 rings (SSSR count). The van der Waals surface area contributed by atoms with Crippen molar-refractivity contribution in [1.82, 2.24) is 4.98 Å². The molecule has 0 aliphatic rings. The molecule has 5 nitrogen and oxygen atoms in total. The average Bonchev–Trinajstić information content (AvgIpc) is 3.03. The first kappa shape index (κ1) is 20.9. The van der Waals surface area contributed by atoms with Crippen LogP contribution in [0.5, 0.6) is 0 Å². The van der Waals surface area contributed by atoms with Gasteiger partial charge in [-0.05, 0) is 61.4 Å². The van der Waals surface area contributed by atoms with Crippen LogP contribution in [0.25, 0.3) is 11.5 Å². The van der Waals surface area contributed by atoms with E-state index in [0.717, 1.165) is 28.1 Å². The highest BCUT2D eigenvalue weighted by atomic mass is 127. The van der Waals surface area contributed by atoms with Crippen LogP contribution in [-0.2, 0) is 6.42 Å². The maximum atomic E-state index is 13.0. The van der Waals surface area contributed by atoms with Gasteiger partial charge in [0.1, 0.15) is 12.1 Å². The van der Waals surface area contributed by atoms with E-state index in [1.165, 1.54) is 12.1 Å². The number of nitrogens with zero attached hydrogens (tertiary/aromatic N) is 2. The van der Waals surface area contributed by atoms with Crippen molar-refractivity contribution in [2.75, 3.05) is 11.9 Å². The Morgan fingerprint density at radius 1 is 1.15 bits per heavy atom. The van der Waals surface area contributed by atoms with Crippen LogP contribution in [0.3, 0.4) is 0 Å². The molecule has 0 spiro atoms. The maximum absolute atomic E-state index is 13.0. The summed E-state index contributed by atoms with van der Waals surface area (Å²) >= 11 is 0. The summed E-state index contributed by atoms with van der Waals surface area (Å²) in [5, 5.41) is 3.09. The summed E-state index contributed by atoms with van der Waals surface area (Å²) in [7, 11) is 0. The quantitative estimate of drug-likeness (QED) is 0.316. The lowest BCUT2D eigenvalue weighted by Crippen LogP contribution is -2.23. The zero-order valence-corrected chi connectivity index (χ0v) is 17.5. The Balaban J connectivity index is 0.00000261. The van der Waals surface area contributed by atoms with Crippen LogP contribution in [0.2, 0.25) is 0 Å². The first-order chi connectivity index (χ1) is 12.5. The predicted octanol–water partition coefficient (Wildman–Crippen LogP) is 4.68. The normalized spacial score (nSPS) is 11.1. The van der Waals surface area contributed by atoms with Crippen molar-refractivity contribution in [3.8, 4) is 11.5 Å². The van der Waals surface area contributed by atoms with Gasteiger partial charge in [-0.2, -0.15) is 0 Å². The molecule has 0 bridgehead atoms. The van der Waals surface area contributed by atoms with Gasteiger partial charge in [-0.25, -0.2) is 9.37 Å². The van der Waals surface area contributed by atoms with Gasteiger partial charge in [-0.15, -0.1) is 24.0 Å². The molecular formula is C20H22FIN4O. The molecule has 0 aliphatic carbocycles. The third kappa shape index (κ3) is 6.06. The molecular weight excluding hydrogens is 458 g/mol. The fourth-order valence-corrected chi connectivity index (χ4v) is 2.67. The molecule has 0 atom stereocenters. The van der Waals surface area contributed by atoms with Gasteiger partial charge in [-0.1, -0.05) is 6.07 Å². The maximum Gasteiger partial charge on any atom is 0.226 e. The van der Waals surface area contributed by atoms with Crippen molar-refractivity contribution in [3.63, 3.8) is 0 Å². The van der Waals surface area contributed by atoms with Gasteiger partial charge in [0.25, 0.3) is 0 Å². The third-order valence-corrected chi connectivity index (χ3v) is 3.79. The molecule has 0 unspecified atom stereocenters. The van der Waals surface area contributed by atoms with Gasteiger partial charge >= 0.3 is 0 Å². The fraction of sp³-hybridized carbons (Fsp3) is 0.200. The number of oxazole rings is 1. The van der Waals surface area contributed by atoms with Crippen molar-refractivity contribution in [1.29, 1.82) is 0 Å². The van der Waals surface area contributed by atoms with Crippen LogP contribution in [-0.4, -0.2) is 17.5 Å². The van der Waals surface area contributed by atoms with E-state index in [1.54, 1.807) is 18.4 Å². The van der Waals surface area contributed by atoms with E-state index in [-0.39, 0.29) is 29.8 Å². The van der Waals surface area contributed by atoms with E-state index in [2.05, 4.69) is 21.4 Å². The summed E-state index contributed by atoms with van der Waals surface area (Å²) in [6.45, 7) is 4.56. The molecule has 1 heterocycles. The summed E-state index contributed by atoms with van der Waals surface area (Å²) in [5.74, 6) is 0.532. The molecule has 3 aromatic rings. The highest BCUT2D eigenvalue weighted by Gasteiger charge is 2.07. The minimum Gasteiger partial charge on any atom is -0.444 e. The Bertz CT molecular complexity index is 902. The molecule has 2 aromatic carbocycles. The van der Waals surface area contributed by atoms with Crippen LogP contribution in [0.15, 0.2) is 58.1 Å². The second kappa shape index (κ2) is 9.50. The molecule has 1 aromatic heterocycles. The number of halogens is 2. The highest BCUT2D eigenvalue weighted by Crippen LogP contribution is 2.19. The Hall–Kier alpha value is -2.42. The number of aryl methyl sites for hydroxylation is 2. The lowest BCUT2D eigenvalue weighted by atomic mass is 10.1. The predicted molar refractivity (Wildman–Crippen MR) is 117 cm³/mol. The summed E-state index contributed by atoms with van der Waals surface area (Å²) in [4.78, 5) is 8.71. The molecule has 0 saturated carbocycles. The van der Waals surface area contributed by atoms with Gasteiger partial charge in [-0.3, -0.25) is 4.99 Å². The second-order valence-electron chi connectivity index (χ2n) is 6.17. The smallest absolute Gasteiger partial charge is 0.226 e. The SMILES string of the molecule is Cc1cc(C)cc(NC(N)=NCCc2coc(-c3ccc(F)cc3)n2)c1.I. The number of hydrogen-bond donors (Lipinski definition) is 2. The first-order valence-corrected chi connectivity index (χ1v) is 8.35. The monoisotopic (exact) mass is 480 g/mol. The standard InChI is InChI=1S/C20H21FN4O.HI/c1-13-9-14(2)11-18(10-13)25-20(22)23-8-7-17-12-26-19(24-17)15-3-5-16(21)6-4-15;/h3-6,9-12H,7-8H2,1-2H3,(H3,22,23,25);1H.